The molecule has 0 spiro atoms. The van der Waals surface area contributed by atoms with Gasteiger partial charge in [-0.25, -0.2) is 17.8 Å². The number of nitrogens with one attached hydrogen (secondary N) is 1. The fourth-order valence-corrected chi connectivity index (χ4v) is 8.11. The van der Waals surface area contributed by atoms with Crippen LogP contribution in [0, 0.1) is 6.92 Å². The van der Waals surface area contributed by atoms with Gasteiger partial charge in [-0.2, -0.15) is 5.10 Å². The molecule has 0 saturated heterocycles. The summed E-state index contributed by atoms with van der Waals surface area (Å²) in [5.41, 5.74) is 4.24. The van der Waals surface area contributed by atoms with E-state index in [0.29, 0.717) is 67.8 Å². The quantitative estimate of drug-likeness (QED) is 0.122. The molecule has 12 heteroatoms. The van der Waals surface area contributed by atoms with Crippen molar-refractivity contribution in [2.75, 3.05) is 26.2 Å². The van der Waals surface area contributed by atoms with Gasteiger partial charge in [0.15, 0.2) is 5.69 Å². The molecule has 1 aliphatic heterocycles. The van der Waals surface area contributed by atoms with E-state index in [1.807, 2.05) is 54.3 Å². The summed E-state index contributed by atoms with van der Waals surface area (Å²) in [7, 11) is -4.27. The van der Waals surface area contributed by atoms with E-state index >= 15 is 0 Å². The van der Waals surface area contributed by atoms with Crippen molar-refractivity contribution < 1.29 is 27.9 Å². The third-order valence-electron chi connectivity index (χ3n) is 10.3. The Labute approximate surface area is 323 Å². The van der Waals surface area contributed by atoms with Gasteiger partial charge >= 0.3 is 0 Å². The van der Waals surface area contributed by atoms with Gasteiger partial charge in [0.2, 0.25) is 0 Å². The Morgan fingerprint density at radius 2 is 1.55 bits per heavy atom. The van der Waals surface area contributed by atoms with Gasteiger partial charge in [-0.05, 0) is 91.3 Å². The SMILES string of the molecule is CCCCN(CCCC)C(=O)c1nn(-c2ccc(C(=O)NS(=O)(=O)c3ccc4ccccc4c3)cc2C(=O)N2CCc3ccccc3C2)c(C)c1CCCO. The van der Waals surface area contributed by atoms with Crippen LogP contribution in [0.25, 0.3) is 16.5 Å². The first-order valence-electron chi connectivity index (χ1n) is 19.1. The Morgan fingerprint density at radius 1 is 0.855 bits per heavy atom. The van der Waals surface area contributed by atoms with Crippen molar-refractivity contribution in [1.29, 1.82) is 0 Å². The minimum atomic E-state index is -4.27. The Hall–Kier alpha value is -5.33. The van der Waals surface area contributed by atoms with E-state index in [1.54, 1.807) is 27.8 Å². The van der Waals surface area contributed by atoms with Crippen LogP contribution in [-0.4, -0.2) is 77.1 Å². The predicted octanol–water partition coefficient (Wildman–Crippen LogP) is 6.62. The molecule has 0 atom stereocenters. The summed E-state index contributed by atoms with van der Waals surface area (Å²) in [4.78, 5) is 46.0. The minimum Gasteiger partial charge on any atom is -0.396 e. The van der Waals surface area contributed by atoms with Crippen LogP contribution in [0.2, 0.25) is 0 Å². The van der Waals surface area contributed by atoms with E-state index < -0.39 is 15.9 Å². The maximum atomic E-state index is 14.6. The second-order valence-electron chi connectivity index (χ2n) is 14.1. The van der Waals surface area contributed by atoms with E-state index in [-0.39, 0.29) is 40.1 Å². The van der Waals surface area contributed by atoms with Crippen molar-refractivity contribution in [3.63, 3.8) is 0 Å². The number of nitrogens with zero attached hydrogens (tertiary/aromatic N) is 4. The molecule has 2 N–H and O–H groups in total. The molecule has 3 amide bonds. The van der Waals surface area contributed by atoms with Crippen molar-refractivity contribution in [2.45, 2.75) is 77.2 Å². The highest BCUT2D eigenvalue weighted by Crippen LogP contribution is 2.28. The Morgan fingerprint density at radius 3 is 2.25 bits per heavy atom. The molecule has 55 heavy (non-hydrogen) atoms. The smallest absolute Gasteiger partial charge is 0.274 e. The van der Waals surface area contributed by atoms with Crippen molar-refractivity contribution in [3.8, 4) is 5.69 Å². The summed E-state index contributed by atoms with van der Waals surface area (Å²) in [5, 5.41) is 16.2. The van der Waals surface area contributed by atoms with Crippen LogP contribution in [-0.2, 0) is 29.4 Å². The number of amides is 3. The lowest BCUT2D eigenvalue weighted by molar-refractivity contribution is 0.0732. The molecule has 0 fully saturated rings. The summed E-state index contributed by atoms with van der Waals surface area (Å²) in [6.45, 7) is 7.90. The number of unbranched alkanes of at least 4 members (excludes halogenated alkanes) is 2. The first kappa shape index (κ1) is 39.4. The molecule has 11 nitrogen and oxygen atoms in total. The lowest BCUT2D eigenvalue weighted by Gasteiger charge is -2.29. The van der Waals surface area contributed by atoms with Crippen molar-refractivity contribution in [1.82, 2.24) is 24.3 Å². The summed E-state index contributed by atoms with van der Waals surface area (Å²) < 4.78 is 30.7. The number of sulfonamides is 1. The minimum absolute atomic E-state index is 0.0270. The number of hydrogen-bond acceptors (Lipinski definition) is 7. The van der Waals surface area contributed by atoms with Gasteiger partial charge < -0.3 is 14.9 Å². The topological polar surface area (TPSA) is 142 Å². The fourth-order valence-electron chi connectivity index (χ4n) is 7.11. The number of aromatic nitrogens is 2. The average molecular weight is 764 g/mol. The molecule has 0 aliphatic carbocycles. The summed E-state index contributed by atoms with van der Waals surface area (Å²) in [6.07, 6.45) is 5.02. The maximum absolute atomic E-state index is 14.6. The van der Waals surface area contributed by atoms with Gasteiger partial charge in [0.1, 0.15) is 0 Å². The molecule has 0 radical (unpaired) electrons. The number of benzene rings is 4. The monoisotopic (exact) mass is 763 g/mol. The first-order chi connectivity index (χ1) is 26.6. The largest absolute Gasteiger partial charge is 0.396 e. The number of aliphatic hydroxyl groups excluding tert-OH is 1. The average Bonchev–Trinajstić information content (AvgIpc) is 3.53. The Balaban J connectivity index is 1.41. The fraction of sp³-hybridized carbons (Fsp3) is 0.349. The molecule has 2 heterocycles. The number of hydrogen-bond donors (Lipinski definition) is 2. The second kappa shape index (κ2) is 17.4. The lowest BCUT2D eigenvalue weighted by atomic mass is 9.98. The molecular formula is C43H49N5O6S. The van der Waals surface area contributed by atoms with Crippen molar-refractivity contribution in [2.24, 2.45) is 0 Å². The van der Waals surface area contributed by atoms with Gasteiger partial charge in [0.05, 0.1) is 16.1 Å². The standard InChI is InChI=1S/C43H49N5O6S/c1-4-6-23-46(24-7-5-2)43(52)40-37(17-12-26-49)30(3)48(44-40)39-21-19-34(28-38(39)42(51)47-25-22-32-14-9-11-16-35(32)29-47)41(50)45-55(53,54)36-20-18-31-13-8-10-15-33(31)27-36/h8-11,13-16,18-21,27-28,49H,4-7,12,17,22-26,29H2,1-3H3,(H,45,50). The molecule has 4 aromatic carbocycles. The van der Waals surface area contributed by atoms with Gasteiger partial charge in [0, 0.05) is 49.6 Å². The Kier molecular flexibility index (Phi) is 12.5. The van der Waals surface area contributed by atoms with Gasteiger partial charge in [-0.1, -0.05) is 81.3 Å². The zero-order valence-corrected chi connectivity index (χ0v) is 32.6. The molecule has 5 aromatic rings. The highest BCUT2D eigenvalue weighted by atomic mass is 32.2. The van der Waals surface area contributed by atoms with Crippen LogP contribution in [0.3, 0.4) is 0 Å². The van der Waals surface area contributed by atoms with Crippen LogP contribution in [0.4, 0.5) is 0 Å². The van der Waals surface area contributed by atoms with E-state index in [1.165, 1.54) is 24.3 Å². The third kappa shape index (κ3) is 8.66. The molecule has 1 aliphatic rings. The molecule has 0 bridgehead atoms. The van der Waals surface area contributed by atoms with Gasteiger partial charge in [-0.15, -0.1) is 0 Å². The Bertz CT molecular complexity index is 2310. The highest BCUT2D eigenvalue weighted by Gasteiger charge is 2.30. The summed E-state index contributed by atoms with van der Waals surface area (Å²) >= 11 is 0. The van der Waals surface area contributed by atoms with E-state index in [2.05, 4.69) is 18.6 Å². The van der Waals surface area contributed by atoms with E-state index in [4.69, 9.17) is 5.10 Å². The number of carbonyl (C=O) groups excluding carboxylic acids is 3. The van der Waals surface area contributed by atoms with E-state index in [0.717, 1.165) is 42.2 Å². The number of fused-ring (bicyclic) bond motifs is 2. The second-order valence-corrected chi connectivity index (χ2v) is 15.8. The lowest BCUT2D eigenvalue weighted by Crippen LogP contribution is -2.37. The molecule has 1 aromatic heterocycles. The molecule has 0 saturated carbocycles. The zero-order valence-electron chi connectivity index (χ0n) is 31.8. The first-order valence-corrected chi connectivity index (χ1v) is 20.6. The van der Waals surface area contributed by atoms with Crippen molar-refractivity contribution >= 4 is 38.5 Å². The van der Waals surface area contributed by atoms with Gasteiger partial charge in [0.25, 0.3) is 27.7 Å². The van der Waals surface area contributed by atoms with Gasteiger partial charge in [-0.3, -0.25) is 14.4 Å². The number of aliphatic hydroxyl groups is 1. The van der Waals surface area contributed by atoms with E-state index in [9.17, 15) is 27.9 Å². The van der Waals surface area contributed by atoms with Crippen LogP contribution in [0.5, 0.6) is 0 Å². The molecular weight excluding hydrogens is 715 g/mol. The van der Waals surface area contributed by atoms with Crippen molar-refractivity contribution in [3.05, 3.63) is 124 Å². The van der Waals surface area contributed by atoms with Crippen LogP contribution in [0.1, 0.15) is 99.5 Å². The summed E-state index contributed by atoms with van der Waals surface area (Å²) in [6, 6.07) is 24.4. The number of rotatable bonds is 15. The maximum Gasteiger partial charge on any atom is 0.274 e. The highest BCUT2D eigenvalue weighted by molar-refractivity contribution is 7.90. The van der Waals surface area contributed by atoms with Crippen LogP contribution >= 0.6 is 0 Å². The zero-order chi connectivity index (χ0) is 39.1. The summed E-state index contributed by atoms with van der Waals surface area (Å²) in [5.74, 6) is -1.45. The third-order valence-corrected chi connectivity index (χ3v) is 11.6. The molecule has 6 rings (SSSR count). The molecule has 0 unspecified atom stereocenters. The normalized spacial score (nSPS) is 12.8. The van der Waals surface area contributed by atoms with Crippen LogP contribution in [0.15, 0.2) is 89.8 Å². The molecule has 288 valence electrons. The number of carbonyl (C=O) groups is 3. The predicted molar refractivity (Wildman–Crippen MR) is 213 cm³/mol. The van der Waals surface area contributed by atoms with Crippen LogP contribution < -0.4 is 4.72 Å².